The number of thiol groups is 2. The molecule has 0 bridgehead atoms. The third kappa shape index (κ3) is 3.22. The molecule has 0 saturated heterocycles. The highest BCUT2D eigenvalue weighted by Crippen LogP contribution is 2.30. The van der Waals surface area contributed by atoms with Crippen LogP contribution in [0.4, 0.5) is 0 Å². The zero-order chi connectivity index (χ0) is 6.57. The fraction of sp³-hybridized carbons (Fsp3) is 0.500. The van der Waals surface area contributed by atoms with E-state index in [1.165, 1.54) is 0 Å². The van der Waals surface area contributed by atoms with Crippen molar-refractivity contribution >= 4 is 48.8 Å². The van der Waals surface area contributed by atoms with Gasteiger partial charge in [0.15, 0.2) is 0 Å². The van der Waals surface area contributed by atoms with Gasteiger partial charge in [0.25, 0.3) is 0 Å². The van der Waals surface area contributed by atoms with Crippen LogP contribution in [0.15, 0.2) is 8.47 Å². The average molecular weight is 184 g/mol. The Hall–Kier alpha value is 1.14. The van der Waals surface area contributed by atoms with E-state index in [0.29, 0.717) is 0 Å². The van der Waals surface area contributed by atoms with Crippen molar-refractivity contribution in [3.63, 3.8) is 0 Å². The lowest BCUT2D eigenvalue weighted by Gasteiger charge is -1.97. The first-order chi connectivity index (χ1) is 3.72. The van der Waals surface area contributed by atoms with Crippen LogP contribution in [0.5, 0.6) is 0 Å². The van der Waals surface area contributed by atoms with Crippen LogP contribution >= 0.6 is 48.8 Å². The van der Waals surface area contributed by atoms with Crippen LogP contribution in [-0.2, 0) is 0 Å². The Morgan fingerprint density at radius 1 is 1.12 bits per heavy atom. The maximum Gasteiger partial charge on any atom is 0.0592 e. The molecule has 0 rings (SSSR count). The fourth-order valence-electron chi connectivity index (χ4n) is 0.266. The van der Waals surface area contributed by atoms with Crippen molar-refractivity contribution in [1.82, 2.24) is 0 Å². The fourth-order valence-corrected chi connectivity index (χ4v) is 2.39. The molecule has 0 atom stereocenters. The third-order valence-electron chi connectivity index (χ3n) is 0.553. The predicted molar refractivity (Wildman–Crippen MR) is 52.0 cm³/mol. The minimum absolute atomic E-state index is 0.810. The van der Waals surface area contributed by atoms with Crippen molar-refractivity contribution in [3.05, 3.63) is 8.47 Å². The minimum atomic E-state index is 0.810. The van der Waals surface area contributed by atoms with E-state index in [1.807, 2.05) is 12.5 Å². The molecule has 0 aliphatic carbocycles. The second-order valence-corrected chi connectivity index (χ2v) is 4.16. The summed E-state index contributed by atoms with van der Waals surface area (Å²) in [5, 5.41) is 0. The van der Waals surface area contributed by atoms with Crippen LogP contribution in [0.3, 0.4) is 0 Å². The highest BCUT2D eigenvalue weighted by Gasteiger charge is 1.93. The van der Waals surface area contributed by atoms with Gasteiger partial charge in [-0.1, -0.05) is 0 Å². The smallest absolute Gasteiger partial charge is 0.0592 e. The van der Waals surface area contributed by atoms with Crippen LogP contribution in [0.25, 0.3) is 0 Å². The van der Waals surface area contributed by atoms with Crippen LogP contribution in [0, 0.1) is 0 Å². The van der Waals surface area contributed by atoms with Crippen molar-refractivity contribution in [3.8, 4) is 0 Å². The van der Waals surface area contributed by atoms with E-state index in [9.17, 15) is 0 Å². The van der Waals surface area contributed by atoms with E-state index in [-0.39, 0.29) is 0 Å². The Balaban J connectivity index is 3.86. The number of hydrogen-bond donors (Lipinski definition) is 2. The summed E-state index contributed by atoms with van der Waals surface area (Å²) in [6.45, 7) is 0. The molecule has 0 nitrogen and oxygen atoms in total. The first kappa shape index (κ1) is 9.14. The molecule has 0 aromatic carbocycles. The van der Waals surface area contributed by atoms with E-state index >= 15 is 0 Å². The summed E-state index contributed by atoms with van der Waals surface area (Å²) in [6, 6.07) is 0. The monoisotopic (exact) mass is 184 g/mol. The number of rotatable bonds is 2. The van der Waals surface area contributed by atoms with Crippen molar-refractivity contribution in [2.45, 2.75) is 0 Å². The maximum atomic E-state index is 4.06. The predicted octanol–water partition coefficient (Wildman–Crippen LogP) is 2.70. The molecular formula is C4H8S4. The minimum Gasteiger partial charge on any atom is -0.135 e. The van der Waals surface area contributed by atoms with E-state index < -0.39 is 0 Å². The SMILES string of the molecule is CSC(SC)=C(S)S. The average Bonchev–Trinajstić information content (AvgIpc) is 1.69. The largest absolute Gasteiger partial charge is 0.135 e. The Morgan fingerprint density at radius 2 is 1.50 bits per heavy atom. The summed E-state index contributed by atoms with van der Waals surface area (Å²) in [6.07, 6.45) is 4.02. The molecule has 0 unspecified atom stereocenters. The van der Waals surface area contributed by atoms with Crippen molar-refractivity contribution in [2.24, 2.45) is 0 Å². The molecular weight excluding hydrogens is 176 g/mol. The second kappa shape index (κ2) is 4.97. The van der Waals surface area contributed by atoms with Crippen molar-refractivity contribution < 1.29 is 0 Å². The van der Waals surface area contributed by atoms with Gasteiger partial charge in [0.1, 0.15) is 0 Å². The lowest BCUT2D eigenvalue weighted by molar-refractivity contribution is 2.29. The van der Waals surface area contributed by atoms with Crippen LogP contribution in [0.2, 0.25) is 0 Å². The Bertz CT molecular complexity index is 86.2. The third-order valence-corrected chi connectivity index (χ3v) is 3.76. The van der Waals surface area contributed by atoms with Gasteiger partial charge in [-0.05, 0) is 12.5 Å². The molecule has 0 aliphatic heterocycles. The van der Waals surface area contributed by atoms with Gasteiger partial charge in [-0.15, -0.1) is 48.8 Å². The summed E-state index contributed by atoms with van der Waals surface area (Å²) in [4.78, 5) is 0. The second-order valence-electron chi connectivity index (χ2n) is 1.02. The van der Waals surface area contributed by atoms with Crippen LogP contribution in [-0.4, -0.2) is 12.5 Å². The standard InChI is InChI=1S/C4H8S4/c1-7-4(8-2)3(5)6/h5-6H,1-2H3. The Labute approximate surface area is 69.7 Å². The van der Waals surface area contributed by atoms with Crippen molar-refractivity contribution in [1.29, 1.82) is 0 Å². The summed E-state index contributed by atoms with van der Waals surface area (Å²) in [5.74, 6) is 0. The van der Waals surface area contributed by atoms with Gasteiger partial charge in [-0.25, -0.2) is 0 Å². The van der Waals surface area contributed by atoms with Crippen molar-refractivity contribution in [2.75, 3.05) is 12.5 Å². The lowest BCUT2D eigenvalue weighted by atomic mass is 11.2. The number of hydrogen-bond acceptors (Lipinski definition) is 4. The topological polar surface area (TPSA) is 0 Å². The molecule has 0 radical (unpaired) electrons. The summed E-state index contributed by atoms with van der Waals surface area (Å²) in [5.41, 5.74) is 0. The summed E-state index contributed by atoms with van der Waals surface area (Å²) in [7, 11) is 0. The van der Waals surface area contributed by atoms with Gasteiger partial charge in [0.2, 0.25) is 0 Å². The van der Waals surface area contributed by atoms with E-state index in [1.54, 1.807) is 23.5 Å². The van der Waals surface area contributed by atoms with E-state index in [0.717, 1.165) is 8.47 Å². The molecule has 0 aromatic rings. The molecule has 0 aromatic heterocycles. The zero-order valence-corrected chi connectivity index (χ0v) is 8.13. The van der Waals surface area contributed by atoms with Crippen LogP contribution < -0.4 is 0 Å². The van der Waals surface area contributed by atoms with Gasteiger partial charge in [0.05, 0.1) is 8.47 Å². The quantitative estimate of drug-likeness (QED) is 0.633. The van der Waals surface area contributed by atoms with E-state index in [4.69, 9.17) is 0 Å². The molecule has 0 spiro atoms. The molecule has 8 heavy (non-hydrogen) atoms. The molecule has 4 heteroatoms. The van der Waals surface area contributed by atoms with Gasteiger partial charge in [-0.2, -0.15) is 0 Å². The van der Waals surface area contributed by atoms with Gasteiger partial charge in [-0.3, -0.25) is 0 Å². The summed E-state index contributed by atoms with van der Waals surface area (Å²) >= 11 is 11.4. The highest BCUT2D eigenvalue weighted by molar-refractivity contribution is 8.23. The van der Waals surface area contributed by atoms with Gasteiger partial charge in [0, 0.05) is 0 Å². The lowest BCUT2D eigenvalue weighted by Crippen LogP contribution is -1.64. The maximum absolute atomic E-state index is 4.06. The highest BCUT2D eigenvalue weighted by atomic mass is 32.2. The van der Waals surface area contributed by atoms with Gasteiger partial charge < -0.3 is 0 Å². The normalized spacial score (nSPS) is 9.00. The Morgan fingerprint density at radius 3 is 1.50 bits per heavy atom. The molecule has 0 heterocycles. The molecule has 0 amide bonds. The number of thioether (sulfide) groups is 2. The first-order valence-electron chi connectivity index (χ1n) is 1.92. The Kier molecular flexibility index (Phi) is 5.68. The van der Waals surface area contributed by atoms with E-state index in [2.05, 4.69) is 25.3 Å². The van der Waals surface area contributed by atoms with Gasteiger partial charge >= 0.3 is 0 Å². The summed E-state index contributed by atoms with van der Waals surface area (Å²) < 4.78 is 1.97. The molecule has 48 valence electrons. The molecule has 0 fully saturated rings. The molecule has 0 saturated carbocycles. The van der Waals surface area contributed by atoms with Crippen LogP contribution in [0.1, 0.15) is 0 Å². The zero-order valence-electron chi connectivity index (χ0n) is 4.71. The molecule has 0 N–H and O–H groups in total. The first-order valence-corrected chi connectivity index (χ1v) is 5.27. The molecule has 0 aliphatic rings.